The smallest absolute Gasteiger partial charge is 0.283 e. The standard InChI is InChI=1S/C35H39N2O2Si/c1-25-22-33(31-18-12-13-19-34(31)37(25)26(2)38)36-32-21-20-28(35(3,4)5)23-27(32)24-39-40(29-14-8-6-9-15-29)30-16-10-7-11-17-30/h6-21,23,25,33,36H,22,24H2,1-5H3. The molecule has 205 valence electrons. The predicted octanol–water partition coefficient (Wildman–Crippen LogP) is 6.60. The van der Waals surface area contributed by atoms with E-state index in [0.717, 1.165) is 28.9 Å². The Bertz CT molecular complexity index is 1410. The Morgan fingerprint density at radius 3 is 2.10 bits per heavy atom. The molecule has 2 atom stereocenters. The fourth-order valence-electron chi connectivity index (χ4n) is 5.60. The summed E-state index contributed by atoms with van der Waals surface area (Å²) >= 11 is 0. The lowest BCUT2D eigenvalue weighted by atomic mass is 9.85. The monoisotopic (exact) mass is 547 g/mol. The van der Waals surface area contributed by atoms with Crippen molar-refractivity contribution in [3.05, 3.63) is 120 Å². The minimum absolute atomic E-state index is 0.0217. The zero-order chi connectivity index (χ0) is 28.3. The molecule has 1 radical (unpaired) electrons. The molecule has 0 fully saturated rings. The van der Waals surface area contributed by atoms with E-state index in [-0.39, 0.29) is 23.4 Å². The number of rotatable bonds is 7. The van der Waals surface area contributed by atoms with Gasteiger partial charge in [0.1, 0.15) is 0 Å². The molecule has 0 saturated heterocycles. The highest BCUT2D eigenvalue weighted by Gasteiger charge is 2.32. The van der Waals surface area contributed by atoms with Crippen LogP contribution >= 0.6 is 0 Å². The summed E-state index contributed by atoms with van der Waals surface area (Å²) in [6, 6.07) is 36.4. The summed E-state index contributed by atoms with van der Waals surface area (Å²) in [4.78, 5) is 14.4. The maximum absolute atomic E-state index is 12.5. The van der Waals surface area contributed by atoms with Gasteiger partial charge < -0.3 is 14.6 Å². The minimum atomic E-state index is -1.44. The molecule has 1 aliphatic heterocycles. The van der Waals surface area contributed by atoms with E-state index in [1.807, 2.05) is 11.0 Å². The van der Waals surface area contributed by atoms with Crippen LogP contribution < -0.4 is 20.6 Å². The van der Waals surface area contributed by atoms with Crippen LogP contribution in [0.5, 0.6) is 0 Å². The van der Waals surface area contributed by atoms with Gasteiger partial charge in [0.15, 0.2) is 0 Å². The van der Waals surface area contributed by atoms with Crippen LogP contribution in [-0.4, -0.2) is 21.0 Å². The van der Waals surface area contributed by atoms with E-state index >= 15 is 0 Å². The Morgan fingerprint density at radius 2 is 1.50 bits per heavy atom. The number of anilines is 2. The molecule has 0 aliphatic carbocycles. The van der Waals surface area contributed by atoms with Crippen molar-refractivity contribution in [2.24, 2.45) is 0 Å². The van der Waals surface area contributed by atoms with Gasteiger partial charge in [-0.15, -0.1) is 0 Å². The second-order valence-corrected chi connectivity index (χ2v) is 13.8. The molecule has 0 saturated carbocycles. The van der Waals surface area contributed by atoms with Crippen molar-refractivity contribution in [1.29, 1.82) is 0 Å². The summed E-state index contributed by atoms with van der Waals surface area (Å²) in [5.41, 5.74) is 5.69. The Morgan fingerprint density at radius 1 is 0.900 bits per heavy atom. The van der Waals surface area contributed by atoms with Crippen LogP contribution in [0, 0.1) is 0 Å². The lowest BCUT2D eigenvalue weighted by molar-refractivity contribution is -0.117. The molecule has 4 nitrogen and oxygen atoms in total. The minimum Gasteiger partial charge on any atom is -0.403 e. The van der Waals surface area contributed by atoms with E-state index in [0.29, 0.717) is 6.61 Å². The fourth-order valence-corrected chi connectivity index (χ4v) is 7.56. The highest BCUT2D eigenvalue weighted by molar-refractivity contribution is 6.80. The number of carbonyl (C=O) groups excluding carboxylic acids is 1. The van der Waals surface area contributed by atoms with Crippen LogP contribution in [-0.2, 0) is 21.2 Å². The number of amides is 1. The zero-order valence-corrected chi connectivity index (χ0v) is 25.1. The van der Waals surface area contributed by atoms with Crippen molar-refractivity contribution >= 4 is 36.7 Å². The molecular formula is C35H39N2O2Si. The molecule has 4 aromatic carbocycles. The van der Waals surface area contributed by atoms with E-state index in [1.165, 1.54) is 15.9 Å². The average molecular weight is 548 g/mol. The molecule has 2 unspecified atom stereocenters. The van der Waals surface area contributed by atoms with Gasteiger partial charge in [0.25, 0.3) is 9.04 Å². The number of hydrogen-bond donors (Lipinski definition) is 1. The van der Waals surface area contributed by atoms with Crippen molar-refractivity contribution in [2.45, 2.75) is 65.1 Å². The summed E-state index contributed by atoms with van der Waals surface area (Å²) in [5, 5.41) is 6.34. The molecule has 0 aromatic heterocycles. The molecule has 0 bridgehead atoms. The van der Waals surface area contributed by atoms with Crippen molar-refractivity contribution in [1.82, 2.24) is 0 Å². The molecule has 0 spiro atoms. The first-order chi connectivity index (χ1) is 19.2. The third-order valence-electron chi connectivity index (χ3n) is 7.67. The maximum atomic E-state index is 12.5. The molecule has 1 aliphatic rings. The highest BCUT2D eigenvalue weighted by atomic mass is 28.3. The van der Waals surface area contributed by atoms with Crippen LogP contribution in [0.4, 0.5) is 11.4 Å². The Kier molecular flexibility index (Phi) is 8.24. The quantitative estimate of drug-likeness (QED) is 0.265. The number of nitrogens with zero attached hydrogens (tertiary/aromatic N) is 1. The average Bonchev–Trinajstić information content (AvgIpc) is 2.94. The van der Waals surface area contributed by atoms with E-state index in [2.05, 4.69) is 130 Å². The van der Waals surface area contributed by atoms with Crippen LogP contribution in [0.3, 0.4) is 0 Å². The lowest BCUT2D eigenvalue weighted by Gasteiger charge is -2.39. The van der Waals surface area contributed by atoms with Crippen molar-refractivity contribution < 1.29 is 9.22 Å². The summed E-state index contributed by atoms with van der Waals surface area (Å²) in [7, 11) is -1.44. The number of para-hydroxylation sites is 1. The van der Waals surface area contributed by atoms with Gasteiger partial charge in [0, 0.05) is 24.3 Å². The number of hydrogen-bond acceptors (Lipinski definition) is 3. The predicted molar refractivity (Wildman–Crippen MR) is 168 cm³/mol. The number of nitrogens with one attached hydrogen (secondary N) is 1. The van der Waals surface area contributed by atoms with E-state index < -0.39 is 9.04 Å². The SMILES string of the molecule is CC(=O)N1c2ccccc2C(Nc2ccc(C(C)(C)C)cc2CO[Si](c2ccccc2)c2ccccc2)CC1C. The van der Waals surface area contributed by atoms with Crippen molar-refractivity contribution in [3.8, 4) is 0 Å². The normalized spacial score (nSPS) is 17.0. The van der Waals surface area contributed by atoms with Crippen LogP contribution in [0.2, 0.25) is 0 Å². The highest BCUT2D eigenvalue weighted by Crippen LogP contribution is 2.40. The van der Waals surface area contributed by atoms with E-state index in [1.54, 1.807) is 6.92 Å². The molecule has 40 heavy (non-hydrogen) atoms. The molecule has 5 heteroatoms. The summed E-state index contributed by atoms with van der Waals surface area (Å²) < 4.78 is 6.85. The number of fused-ring (bicyclic) bond motifs is 1. The van der Waals surface area contributed by atoms with Gasteiger partial charge in [-0.1, -0.05) is 112 Å². The molecular weight excluding hydrogens is 508 g/mol. The van der Waals surface area contributed by atoms with Crippen LogP contribution in [0.25, 0.3) is 0 Å². The molecule has 1 heterocycles. The van der Waals surface area contributed by atoms with Gasteiger partial charge >= 0.3 is 0 Å². The third kappa shape index (κ3) is 6.06. The van der Waals surface area contributed by atoms with Crippen LogP contribution in [0.1, 0.15) is 63.8 Å². The summed E-state index contributed by atoms with van der Waals surface area (Å²) in [6.45, 7) is 11.0. The van der Waals surface area contributed by atoms with Crippen molar-refractivity contribution in [2.75, 3.05) is 10.2 Å². The van der Waals surface area contributed by atoms with E-state index in [4.69, 9.17) is 4.43 Å². The van der Waals surface area contributed by atoms with Crippen molar-refractivity contribution in [3.63, 3.8) is 0 Å². The Labute approximate surface area is 240 Å². The van der Waals surface area contributed by atoms with Gasteiger partial charge in [0.05, 0.1) is 12.6 Å². The van der Waals surface area contributed by atoms with Gasteiger partial charge in [-0.2, -0.15) is 0 Å². The Balaban J connectivity index is 1.49. The number of benzene rings is 4. The first kappa shape index (κ1) is 27.9. The molecule has 1 N–H and O–H groups in total. The zero-order valence-electron chi connectivity index (χ0n) is 24.1. The Hall–Kier alpha value is -3.67. The van der Waals surface area contributed by atoms with Gasteiger partial charge in [0.2, 0.25) is 5.91 Å². The van der Waals surface area contributed by atoms with Gasteiger partial charge in [-0.3, -0.25) is 4.79 Å². The third-order valence-corrected chi connectivity index (χ3v) is 9.82. The lowest BCUT2D eigenvalue weighted by Crippen LogP contribution is -2.44. The first-order valence-corrected chi connectivity index (χ1v) is 15.5. The molecule has 5 rings (SSSR count). The first-order valence-electron chi connectivity index (χ1n) is 14.1. The van der Waals surface area contributed by atoms with Gasteiger partial charge in [-0.25, -0.2) is 0 Å². The van der Waals surface area contributed by atoms with Gasteiger partial charge in [-0.05, 0) is 58.0 Å². The maximum Gasteiger partial charge on any atom is 0.283 e. The second-order valence-electron chi connectivity index (χ2n) is 11.7. The summed E-state index contributed by atoms with van der Waals surface area (Å²) in [5.74, 6) is 0.0820. The molecule has 4 aromatic rings. The molecule has 1 amide bonds. The second kappa shape index (κ2) is 11.8. The fraction of sp³-hybridized carbons (Fsp3) is 0.286. The largest absolute Gasteiger partial charge is 0.403 e. The summed E-state index contributed by atoms with van der Waals surface area (Å²) in [6.07, 6.45) is 0.834. The number of carbonyl (C=O) groups is 1. The van der Waals surface area contributed by atoms with E-state index in [9.17, 15) is 4.79 Å². The topological polar surface area (TPSA) is 41.6 Å². The van der Waals surface area contributed by atoms with Crippen LogP contribution in [0.15, 0.2) is 103 Å².